The van der Waals surface area contributed by atoms with E-state index in [4.69, 9.17) is 4.74 Å². The van der Waals surface area contributed by atoms with Crippen LogP contribution in [0.15, 0.2) is 36.5 Å². The van der Waals surface area contributed by atoms with Gasteiger partial charge in [0.25, 0.3) is 0 Å². The number of aromatic amines is 1. The number of carbonyl (C=O) groups is 1. The summed E-state index contributed by atoms with van der Waals surface area (Å²) in [7, 11) is 0. The molecule has 5 atom stereocenters. The van der Waals surface area contributed by atoms with Gasteiger partial charge in [-0.2, -0.15) is 0 Å². The van der Waals surface area contributed by atoms with E-state index in [0.29, 0.717) is 30.9 Å². The second-order valence-electron chi connectivity index (χ2n) is 13.5. The summed E-state index contributed by atoms with van der Waals surface area (Å²) in [6.45, 7) is 3.71. The van der Waals surface area contributed by atoms with Gasteiger partial charge < -0.3 is 15.0 Å². The number of H-pyrrole nitrogens is 1. The minimum atomic E-state index is -0.0368. The van der Waals surface area contributed by atoms with Crippen molar-refractivity contribution in [1.29, 1.82) is 0 Å². The smallest absolute Gasteiger partial charge is 0.306 e. The quantitative estimate of drug-likeness (QED) is 0.115. The Morgan fingerprint density at radius 2 is 1.73 bits per heavy atom. The molecule has 3 aliphatic rings. The zero-order valence-corrected chi connectivity index (χ0v) is 25.8. The van der Waals surface area contributed by atoms with Gasteiger partial charge in [-0.25, -0.2) is 0 Å². The van der Waals surface area contributed by atoms with Crippen LogP contribution in [0.25, 0.3) is 10.9 Å². The molecule has 2 heterocycles. The maximum atomic E-state index is 12.3. The lowest BCUT2D eigenvalue weighted by Gasteiger charge is -2.39. The van der Waals surface area contributed by atoms with Gasteiger partial charge in [-0.1, -0.05) is 121 Å². The number of esters is 1. The summed E-state index contributed by atoms with van der Waals surface area (Å²) in [5.41, 5.74) is 4.21. The maximum absolute atomic E-state index is 12.3. The molecule has 0 bridgehead atoms. The first-order valence-electron chi connectivity index (χ1n) is 17.4. The number of aromatic nitrogens is 1. The number of ether oxygens (including phenoxy) is 1. The number of hydrogen-bond donors (Lipinski definition) is 2. The molecular formula is C37H56N2O2. The molecule has 1 aromatic heterocycles. The molecule has 1 saturated heterocycles. The highest BCUT2D eigenvalue weighted by molar-refractivity contribution is 5.88. The van der Waals surface area contributed by atoms with Crippen molar-refractivity contribution in [3.05, 3.63) is 47.7 Å². The van der Waals surface area contributed by atoms with Crippen LogP contribution in [0.4, 0.5) is 0 Å². The molecule has 2 N–H and O–H groups in total. The van der Waals surface area contributed by atoms with E-state index in [9.17, 15) is 4.79 Å². The van der Waals surface area contributed by atoms with Crippen LogP contribution in [-0.4, -0.2) is 30.1 Å². The summed E-state index contributed by atoms with van der Waals surface area (Å²) in [4.78, 5) is 15.7. The average Bonchev–Trinajstić information content (AvgIpc) is 3.62. The SMILES string of the molecule is CCCCCCCC[C@H]1CCC[C@@H]1CCCCCCC(=O)OCC=CC1CN[C@@H]2Cc3c[nH]c4cccc(c34)[C@H]2C1. The standard InChI is InChI=1S/C37H56N2O2/c1-2-3-4-5-6-9-16-29-18-12-19-30(29)17-10-7-8-11-22-36(40)41-23-14-15-28-24-33-32-20-13-21-34-37(32)31(27-39-34)25-35(33)38-26-28/h13-15,20-21,27-30,33,35,38-39H,2-12,16-19,22-26H2,1H3/t28?,29-,30-,33+,35+/m0/s1. The van der Waals surface area contributed by atoms with Crippen LogP contribution in [-0.2, 0) is 16.0 Å². The number of hydrogen-bond acceptors (Lipinski definition) is 3. The molecule has 226 valence electrons. The third-order valence-electron chi connectivity index (χ3n) is 10.5. The molecular weight excluding hydrogens is 504 g/mol. The molecule has 1 aromatic carbocycles. The molecule has 1 unspecified atom stereocenters. The minimum absolute atomic E-state index is 0.0368. The van der Waals surface area contributed by atoms with E-state index in [1.807, 2.05) is 0 Å². The summed E-state index contributed by atoms with van der Waals surface area (Å²) >= 11 is 0. The van der Waals surface area contributed by atoms with Crippen LogP contribution in [0.3, 0.4) is 0 Å². The highest BCUT2D eigenvalue weighted by atomic mass is 16.5. The molecule has 0 spiro atoms. The lowest BCUT2D eigenvalue weighted by Crippen LogP contribution is -2.46. The summed E-state index contributed by atoms with van der Waals surface area (Å²) < 4.78 is 5.54. The van der Waals surface area contributed by atoms with Gasteiger partial charge >= 0.3 is 5.97 Å². The Labute approximate surface area is 249 Å². The van der Waals surface area contributed by atoms with E-state index < -0.39 is 0 Å². The number of fused-ring (bicyclic) bond motifs is 2. The number of rotatable bonds is 17. The Morgan fingerprint density at radius 1 is 0.976 bits per heavy atom. The first-order valence-corrected chi connectivity index (χ1v) is 17.4. The first-order chi connectivity index (χ1) is 20.2. The molecule has 1 saturated carbocycles. The van der Waals surface area contributed by atoms with Crippen molar-refractivity contribution in [2.24, 2.45) is 17.8 Å². The molecule has 1 aliphatic heterocycles. The van der Waals surface area contributed by atoms with E-state index in [0.717, 1.165) is 44.1 Å². The van der Waals surface area contributed by atoms with Crippen LogP contribution in [0.2, 0.25) is 0 Å². The lowest BCUT2D eigenvalue weighted by atomic mass is 9.73. The fourth-order valence-electron chi connectivity index (χ4n) is 8.27. The fraction of sp³-hybridized carbons (Fsp3) is 0.703. The molecule has 0 radical (unpaired) electrons. The highest BCUT2D eigenvalue weighted by Gasteiger charge is 2.35. The van der Waals surface area contributed by atoms with Crippen LogP contribution in [0.5, 0.6) is 0 Å². The van der Waals surface area contributed by atoms with Crippen molar-refractivity contribution in [2.45, 2.75) is 134 Å². The topological polar surface area (TPSA) is 54.1 Å². The largest absolute Gasteiger partial charge is 0.461 e. The Morgan fingerprint density at radius 3 is 2.54 bits per heavy atom. The Hall–Kier alpha value is -2.07. The van der Waals surface area contributed by atoms with Gasteiger partial charge in [-0.05, 0) is 54.2 Å². The average molecular weight is 561 g/mol. The van der Waals surface area contributed by atoms with Crippen molar-refractivity contribution >= 4 is 16.9 Å². The van der Waals surface area contributed by atoms with Gasteiger partial charge in [0.1, 0.15) is 6.61 Å². The van der Waals surface area contributed by atoms with Crippen LogP contribution < -0.4 is 5.32 Å². The van der Waals surface area contributed by atoms with E-state index in [-0.39, 0.29) is 5.97 Å². The molecule has 4 nitrogen and oxygen atoms in total. The Kier molecular flexibility index (Phi) is 11.8. The zero-order valence-electron chi connectivity index (χ0n) is 25.8. The van der Waals surface area contributed by atoms with Crippen molar-refractivity contribution in [3.63, 3.8) is 0 Å². The van der Waals surface area contributed by atoms with Gasteiger partial charge in [-0.15, -0.1) is 0 Å². The van der Waals surface area contributed by atoms with Gasteiger partial charge in [-0.3, -0.25) is 4.79 Å². The van der Waals surface area contributed by atoms with E-state index in [1.165, 1.54) is 106 Å². The second kappa shape index (κ2) is 16.0. The fourth-order valence-corrected chi connectivity index (χ4v) is 8.27. The van der Waals surface area contributed by atoms with Gasteiger partial charge in [0.2, 0.25) is 0 Å². The van der Waals surface area contributed by atoms with Crippen LogP contribution >= 0.6 is 0 Å². The number of benzene rings is 1. The zero-order chi connectivity index (χ0) is 28.3. The van der Waals surface area contributed by atoms with Crippen molar-refractivity contribution in [2.75, 3.05) is 13.2 Å². The minimum Gasteiger partial charge on any atom is -0.461 e. The van der Waals surface area contributed by atoms with Crippen LogP contribution in [0.1, 0.15) is 133 Å². The monoisotopic (exact) mass is 560 g/mol. The first kappa shape index (κ1) is 30.4. The molecule has 2 aliphatic carbocycles. The van der Waals surface area contributed by atoms with Gasteiger partial charge in [0, 0.05) is 42.0 Å². The normalized spacial score (nSPS) is 25.6. The van der Waals surface area contributed by atoms with E-state index >= 15 is 0 Å². The Bertz CT molecular complexity index is 1100. The number of unbranched alkanes of at least 4 members (excludes halogenated alkanes) is 8. The molecule has 5 rings (SSSR count). The van der Waals surface area contributed by atoms with Crippen molar-refractivity contribution in [3.8, 4) is 0 Å². The summed E-state index contributed by atoms with van der Waals surface area (Å²) in [6, 6.07) is 7.21. The Balaban J connectivity index is 0.907. The number of carbonyl (C=O) groups excluding carboxylic acids is 1. The van der Waals surface area contributed by atoms with Gasteiger partial charge in [0.05, 0.1) is 0 Å². The predicted molar refractivity (Wildman–Crippen MR) is 171 cm³/mol. The number of nitrogens with one attached hydrogen (secondary N) is 2. The third-order valence-corrected chi connectivity index (χ3v) is 10.5. The van der Waals surface area contributed by atoms with E-state index in [1.54, 1.807) is 0 Å². The van der Waals surface area contributed by atoms with Crippen molar-refractivity contribution in [1.82, 2.24) is 10.3 Å². The molecule has 4 heteroatoms. The third kappa shape index (κ3) is 8.49. The summed E-state index contributed by atoms with van der Waals surface area (Å²) in [6.07, 6.45) is 29.9. The lowest BCUT2D eigenvalue weighted by molar-refractivity contribution is -0.142. The second-order valence-corrected chi connectivity index (χ2v) is 13.5. The molecule has 2 aromatic rings. The molecule has 2 fully saturated rings. The van der Waals surface area contributed by atoms with Crippen molar-refractivity contribution < 1.29 is 9.53 Å². The predicted octanol–water partition coefficient (Wildman–Crippen LogP) is 9.39. The maximum Gasteiger partial charge on any atom is 0.306 e. The molecule has 41 heavy (non-hydrogen) atoms. The highest BCUT2D eigenvalue weighted by Crippen LogP contribution is 2.42. The van der Waals surface area contributed by atoms with Gasteiger partial charge in [0.15, 0.2) is 0 Å². The summed E-state index contributed by atoms with van der Waals surface area (Å²) in [5, 5.41) is 5.25. The van der Waals surface area contributed by atoms with E-state index in [2.05, 4.69) is 53.8 Å². The molecule has 0 amide bonds. The summed E-state index contributed by atoms with van der Waals surface area (Å²) in [5.74, 6) is 2.97. The number of piperidine rings is 1. The van der Waals surface area contributed by atoms with Crippen LogP contribution in [0, 0.1) is 17.8 Å².